The van der Waals surface area contributed by atoms with Crippen molar-refractivity contribution in [3.8, 4) is 16.9 Å². The van der Waals surface area contributed by atoms with E-state index < -0.39 is 0 Å². The summed E-state index contributed by atoms with van der Waals surface area (Å²) < 4.78 is 0. The summed E-state index contributed by atoms with van der Waals surface area (Å²) >= 11 is 0. The van der Waals surface area contributed by atoms with Crippen molar-refractivity contribution in [1.82, 2.24) is 4.98 Å². The number of hydrogen-bond donors (Lipinski definition) is 2. The Morgan fingerprint density at radius 3 is 2.26 bits per heavy atom. The number of aromatic nitrogens is 1. The number of amides is 1. The van der Waals surface area contributed by atoms with Crippen molar-refractivity contribution in [2.75, 3.05) is 5.32 Å². The van der Waals surface area contributed by atoms with Gasteiger partial charge in [-0.2, -0.15) is 0 Å². The van der Waals surface area contributed by atoms with Gasteiger partial charge in [0.1, 0.15) is 5.52 Å². The van der Waals surface area contributed by atoms with Crippen LogP contribution in [0, 0.1) is 0 Å². The van der Waals surface area contributed by atoms with Crippen molar-refractivity contribution < 1.29 is 9.90 Å². The molecular formula is C23H20N2O2. The molecular weight excluding hydrogens is 336 g/mol. The van der Waals surface area contributed by atoms with Crippen molar-refractivity contribution >= 4 is 22.5 Å². The second-order valence-electron chi connectivity index (χ2n) is 5.93. The maximum absolute atomic E-state index is 12.5. The number of pyridine rings is 1. The molecule has 1 aromatic heterocycles. The van der Waals surface area contributed by atoms with Gasteiger partial charge in [-0.25, -0.2) is 0 Å². The van der Waals surface area contributed by atoms with E-state index in [0.29, 0.717) is 11.2 Å². The van der Waals surface area contributed by atoms with Gasteiger partial charge in [-0.05, 0) is 35.4 Å². The first-order valence-electron chi connectivity index (χ1n) is 8.26. The Bertz CT molecular complexity index is 1070. The molecule has 0 radical (unpaired) electrons. The maximum atomic E-state index is 12.5. The Morgan fingerprint density at radius 2 is 1.52 bits per heavy atom. The average molecular weight is 356 g/mol. The Balaban J connectivity index is 0.00000210. The molecule has 0 saturated carbocycles. The number of hydrogen-bond acceptors (Lipinski definition) is 3. The smallest absolute Gasteiger partial charge is 0.259 e. The molecule has 4 aromatic rings. The van der Waals surface area contributed by atoms with Crippen molar-refractivity contribution in [3.05, 3.63) is 90.6 Å². The van der Waals surface area contributed by atoms with E-state index in [4.69, 9.17) is 0 Å². The molecule has 1 amide bonds. The molecule has 0 spiro atoms. The predicted octanol–water partition coefficient (Wildman–Crippen LogP) is 5.50. The number of phenolic OH excluding ortho intramolecular Hbond substituents is 1. The van der Waals surface area contributed by atoms with Crippen LogP contribution in [0.5, 0.6) is 5.75 Å². The van der Waals surface area contributed by atoms with Crippen LogP contribution in [0.2, 0.25) is 0 Å². The first-order chi connectivity index (χ1) is 12.7. The lowest BCUT2D eigenvalue weighted by atomic mass is 10.1. The van der Waals surface area contributed by atoms with E-state index in [2.05, 4.69) is 10.3 Å². The van der Waals surface area contributed by atoms with E-state index in [0.717, 1.165) is 16.5 Å². The lowest BCUT2D eigenvalue weighted by Gasteiger charge is -2.09. The molecule has 2 N–H and O–H groups in total. The van der Waals surface area contributed by atoms with Crippen LogP contribution in [-0.4, -0.2) is 16.0 Å². The first kappa shape index (κ1) is 18.1. The van der Waals surface area contributed by atoms with Gasteiger partial charge in [0.2, 0.25) is 0 Å². The fourth-order valence-corrected chi connectivity index (χ4v) is 2.89. The monoisotopic (exact) mass is 356 g/mol. The van der Waals surface area contributed by atoms with E-state index in [1.165, 1.54) is 0 Å². The van der Waals surface area contributed by atoms with Crippen molar-refractivity contribution in [1.29, 1.82) is 0 Å². The highest BCUT2D eigenvalue weighted by molar-refractivity contribution is 6.09. The number of nitrogens with zero attached hydrogens (tertiary/aromatic N) is 1. The number of carbonyl (C=O) groups is 1. The highest BCUT2D eigenvalue weighted by Gasteiger charge is 2.14. The quantitative estimate of drug-likeness (QED) is 0.510. The second-order valence-corrected chi connectivity index (χ2v) is 5.93. The van der Waals surface area contributed by atoms with Crippen molar-refractivity contribution in [2.45, 2.75) is 7.43 Å². The molecule has 4 nitrogen and oxygen atoms in total. The van der Waals surface area contributed by atoms with Crippen LogP contribution in [0.25, 0.3) is 22.0 Å². The Hall–Kier alpha value is -3.66. The standard InChI is InChI=1S/C22H16N2O2.CH4/c25-21-19(13-10-17-7-4-14-23-20(17)21)22(26)24-18-11-8-16(9-12-18)15-5-2-1-3-6-15;/h1-14,25H,(H,24,26);1H4. The molecule has 0 unspecified atom stereocenters. The number of anilines is 1. The molecule has 0 fully saturated rings. The molecule has 0 aliphatic rings. The summed E-state index contributed by atoms with van der Waals surface area (Å²) in [6, 6.07) is 24.6. The third-order valence-corrected chi connectivity index (χ3v) is 4.24. The Labute approximate surface area is 158 Å². The van der Waals surface area contributed by atoms with E-state index in [-0.39, 0.29) is 24.6 Å². The van der Waals surface area contributed by atoms with Gasteiger partial charge >= 0.3 is 0 Å². The van der Waals surface area contributed by atoms with Gasteiger partial charge in [0.25, 0.3) is 5.91 Å². The molecule has 0 aliphatic carbocycles. The van der Waals surface area contributed by atoms with Crippen LogP contribution in [0.15, 0.2) is 85.1 Å². The molecule has 4 heteroatoms. The average Bonchev–Trinajstić information content (AvgIpc) is 2.69. The minimum atomic E-state index is -0.373. The molecule has 0 aliphatic heterocycles. The molecule has 134 valence electrons. The van der Waals surface area contributed by atoms with Gasteiger partial charge in [-0.1, -0.05) is 62.0 Å². The van der Waals surface area contributed by atoms with E-state index in [1.54, 1.807) is 24.4 Å². The second kappa shape index (κ2) is 7.70. The van der Waals surface area contributed by atoms with Crippen molar-refractivity contribution in [2.24, 2.45) is 0 Å². The molecule has 1 heterocycles. The molecule has 3 aromatic carbocycles. The highest BCUT2D eigenvalue weighted by Crippen LogP contribution is 2.28. The topological polar surface area (TPSA) is 62.2 Å². The van der Waals surface area contributed by atoms with Crippen LogP contribution in [-0.2, 0) is 0 Å². The summed E-state index contributed by atoms with van der Waals surface area (Å²) in [6.07, 6.45) is 1.59. The van der Waals surface area contributed by atoms with Crippen molar-refractivity contribution in [3.63, 3.8) is 0 Å². The largest absolute Gasteiger partial charge is 0.505 e. The van der Waals surface area contributed by atoms with Gasteiger partial charge in [0.05, 0.1) is 5.56 Å². The van der Waals surface area contributed by atoms with Crippen LogP contribution < -0.4 is 5.32 Å². The Kier molecular flexibility index (Phi) is 5.18. The first-order valence-corrected chi connectivity index (χ1v) is 8.26. The zero-order valence-electron chi connectivity index (χ0n) is 13.9. The number of carbonyl (C=O) groups excluding carboxylic acids is 1. The number of nitrogens with one attached hydrogen (secondary N) is 1. The number of fused-ring (bicyclic) bond motifs is 1. The van der Waals surface area contributed by atoms with Gasteiger partial charge in [0, 0.05) is 17.3 Å². The molecule has 27 heavy (non-hydrogen) atoms. The van der Waals surface area contributed by atoms with E-state index >= 15 is 0 Å². The highest BCUT2D eigenvalue weighted by atomic mass is 16.3. The summed E-state index contributed by atoms with van der Waals surface area (Å²) in [6.45, 7) is 0. The zero-order chi connectivity index (χ0) is 17.9. The van der Waals surface area contributed by atoms with Crippen LogP contribution in [0.1, 0.15) is 17.8 Å². The maximum Gasteiger partial charge on any atom is 0.259 e. The van der Waals surface area contributed by atoms with Gasteiger partial charge in [0.15, 0.2) is 5.75 Å². The fraction of sp³-hybridized carbons (Fsp3) is 0.0435. The van der Waals surface area contributed by atoms with Gasteiger partial charge < -0.3 is 10.4 Å². The lowest BCUT2D eigenvalue weighted by molar-refractivity contribution is 0.102. The fourth-order valence-electron chi connectivity index (χ4n) is 2.89. The normalized spacial score (nSPS) is 10.2. The summed E-state index contributed by atoms with van der Waals surface area (Å²) in [5.74, 6) is -0.482. The van der Waals surface area contributed by atoms with Gasteiger partial charge in [-0.3, -0.25) is 9.78 Å². The lowest BCUT2D eigenvalue weighted by Crippen LogP contribution is -2.12. The number of aromatic hydroxyl groups is 1. The zero-order valence-corrected chi connectivity index (χ0v) is 13.9. The third-order valence-electron chi connectivity index (χ3n) is 4.24. The number of phenols is 1. The Morgan fingerprint density at radius 1 is 0.815 bits per heavy atom. The van der Waals surface area contributed by atoms with Crippen LogP contribution in [0.4, 0.5) is 5.69 Å². The van der Waals surface area contributed by atoms with Crippen LogP contribution in [0.3, 0.4) is 0 Å². The SMILES string of the molecule is C.O=C(Nc1ccc(-c2ccccc2)cc1)c1ccc2cccnc2c1O. The third kappa shape index (κ3) is 3.65. The van der Waals surface area contributed by atoms with E-state index in [1.807, 2.05) is 60.7 Å². The van der Waals surface area contributed by atoms with Crippen LogP contribution >= 0.6 is 0 Å². The number of rotatable bonds is 3. The summed E-state index contributed by atoms with van der Waals surface area (Å²) in [4.78, 5) is 16.7. The number of benzene rings is 3. The molecule has 0 saturated heterocycles. The molecule has 0 bridgehead atoms. The minimum absolute atomic E-state index is 0. The molecule has 4 rings (SSSR count). The molecule has 0 atom stereocenters. The van der Waals surface area contributed by atoms with Gasteiger partial charge in [-0.15, -0.1) is 0 Å². The van der Waals surface area contributed by atoms with E-state index in [9.17, 15) is 9.90 Å². The summed E-state index contributed by atoms with van der Waals surface area (Å²) in [5, 5.41) is 14.0. The summed E-state index contributed by atoms with van der Waals surface area (Å²) in [7, 11) is 0. The summed E-state index contributed by atoms with van der Waals surface area (Å²) in [5.41, 5.74) is 3.46. The minimum Gasteiger partial charge on any atom is -0.505 e. The predicted molar refractivity (Wildman–Crippen MR) is 110 cm³/mol.